The van der Waals surface area contributed by atoms with E-state index in [1.165, 1.54) is 0 Å². The minimum atomic E-state index is -0.614. The Morgan fingerprint density at radius 1 is 1.37 bits per heavy atom. The average Bonchev–Trinajstić information content (AvgIpc) is 2.80. The molecule has 0 amide bonds. The minimum Gasteiger partial charge on any atom is -0.347 e. The molecule has 2 aliphatic rings. The molecule has 2 aliphatic heterocycles. The summed E-state index contributed by atoms with van der Waals surface area (Å²) in [4.78, 5) is 12.2. The Morgan fingerprint density at radius 3 is 2.74 bits per heavy atom. The molecular formula is C14H26N2O3. The van der Waals surface area contributed by atoms with Gasteiger partial charge in [0.2, 0.25) is 0 Å². The lowest BCUT2D eigenvalue weighted by atomic mass is 9.94. The van der Waals surface area contributed by atoms with Gasteiger partial charge in [-0.15, -0.1) is 0 Å². The van der Waals surface area contributed by atoms with Gasteiger partial charge in [0.15, 0.2) is 5.79 Å². The third-order valence-corrected chi connectivity index (χ3v) is 3.86. The predicted molar refractivity (Wildman–Crippen MR) is 72.7 cm³/mol. The highest BCUT2D eigenvalue weighted by Crippen LogP contribution is 2.30. The Kier molecular flexibility index (Phi) is 4.95. The number of Topliss-reactive ketones (excluding diaryl/α,β-unsaturated/α-hetero) is 1. The van der Waals surface area contributed by atoms with E-state index >= 15 is 0 Å². The molecule has 0 bridgehead atoms. The smallest absolute Gasteiger partial charge is 0.163 e. The Hall–Kier alpha value is -0.490. The Bertz CT molecular complexity index is 314. The van der Waals surface area contributed by atoms with Crippen molar-refractivity contribution in [2.24, 2.45) is 11.7 Å². The summed E-state index contributed by atoms with van der Waals surface area (Å²) in [5.41, 5.74) is 5.60. The Balaban J connectivity index is 1.89. The molecule has 2 saturated heterocycles. The lowest BCUT2D eigenvalue weighted by Gasteiger charge is -2.41. The summed E-state index contributed by atoms with van der Waals surface area (Å²) < 4.78 is 11.7. The van der Waals surface area contributed by atoms with E-state index in [4.69, 9.17) is 15.2 Å². The summed E-state index contributed by atoms with van der Waals surface area (Å²) in [5, 5.41) is 3.23. The molecule has 110 valence electrons. The molecule has 5 nitrogen and oxygen atoms in total. The van der Waals surface area contributed by atoms with Gasteiger partial charge in [0.1, 0.15) is 5.78 Å². The van der Waals surface area contributed by atoms with Crippen molar-refractivity contribution in [3.05, 3.63) is 0 Å². The highest BCUT2D eigenvalue weighted by atomic mass is 16.7. The van der Waals surface area contributed by atoms with Crippen molar-refractivity contribution in [2.75, 3.05) is 19.6 Å². The molecule has 3 atom stereocenters. The van der Waals surface area contributed by atoms with E-state index < -0.39 is 5.79 Å². The highest BCUT2D eigenvalue weighted by Gasteiger charge is 2.37. The van der Waals surface area contributed by atoms with E-state index in [0.717, 1.165) is 32.4 Å². The number of carbonyl (C=O) groups excluding carboxylic acids is 1. The number of ether oxygens (including phenoxy) is 2. The van der Waals surface area contributed by atoms with Crippen LogP contribution in [0.3, 0.4) is 0 Å². The molecule has 0 spiro atoms. The SMILES string of the molecule is CC1(C)O[C@H](CC(=O)[C@@H]2CCNC2)C[C@H](CCN)O1. The topological polar surface area (TPSA) is 73.6 Å². The third kappa shape index (κ3) is 4.24. The van der Waals surface area contributed by atoms with Gasteiger partial charge in [0.25, 0.3) is 0 Å². The summed E-state index contributed by atoms with van der Waals surface area (Å²) in [6.07, 6.45) is 3.12. The second-order valence-electron chi connectivity index (χ2n) is 6.05. The van der Waals surface area contributed by atoms with Crippen LogP contribution in [0.5, 0.6) is 0 Å². The fourth-order valence-electron chi connectivity index (χ4n) is 3.03. The van der Waals surface area contributed by atoms with Gasteiger partial charge in [0, 0.05) is 25.3 Å². The number of carbonyl (C=O) groups is 1. The summed E-state index contributed by atoms with van der Waals surface area (Å²) in [6, 6.07) is 0. The van der Waals surface area contributed by atoms with Crippen molar-refractivity contribution < 1.29 is 14.3 Å². The predicted octanol–water partition coefficient (Wildman–Crippen LogP) is 0.814. The zero-order valence-electron chi connectivity index (χ0n) is 12.0. The van der Waals surface area contributed by atoms with Gasteiger partial charge in [-0.1, -0.05) is 0 Å². The maximum absolute atomic E-state index is 12.2. The maximum Gasteiger partial charge on any atom is 0.163 e. The van der Waals surface area contributed by atoms with E-state index in [1.54, 1.807) is 0 Å². The number of rotatable bonds is 5. The van der Waals surface area contributed by atoms with E-state index in [-0.39, 0.29) is 18.1 Å². The van der Waals surface area contributed by atoms with Gasteiger partial charge >= 0.3 is 0 Å². The molecule has 2 heterocycles. The van der Waals surface area contributed by atoms with Gasteiger partial charge in [-0.05, 0) is 39.8 Å². The molecule has 0 radical (unpaired) electrons. The quantitative estimate of drug-likeness (QED) is 0.773. The summed E-state index contributed by atoms with van der Waals surface area (Å²) in [5.74, 6) is -0.126. The molecule has 3 N–H and O–H groups in total. The number of hydrogen-bond acceptors (Lipinski definition) is 5. The first-order chi connectivity index (χ1) is 9.00. The van der Waals surface area contributed by atoms with E-state index in [2.05, 4.69) is 5.32 Å². The van der Waals surface area contributed by atoms with Crippen molar-refractivity contribution in [3.63, 3.8) is 0 Å². The van der Waals surface area contributed by atoms with Gasteiger partial charge in [-0.25, -0.2) is 0 Å². The molecular weight excluding hydrogens is 244 g/mol. The molecule has 0 aromatic carbocycles. The van der Waals surface area contributed by atoms with Crippen molar-refractivity contribution in [1.82, 2.24) is 5.32 Å². The van der Waals surface area contributed by atoms with Crippen LogP contribution in [0.2, 0.25) is 0 Å². The molecule has 0 aromatic heterocycles. The third-order valence-electron chi connectivity index (χ3n) is 3.86. The number of hydrogen-bond donors (Lipinski definition) is 2. The first kappa shape index (κ1) is 14.9. The van der Waals surface area contributed by atoms with Crippen LogP contribution < -0.4 is 11.1 Å². The zero-order chi connectivity index (χ0) is 13.9. The average molecular weight is 270 g/mol. The van der Waals surface area contributed by atoms with E-state index in [1.807, 2.05) is 13.8 Å². The van der Waals surface area contributed by atoms with Crippen LogP contribution >= 0.6 is 0 Å². The number of ketones is 1. The largest absolute Gasteiger partial charge is 0.347 e. The minimum absolute atomic E-state index is 0.0339. The second kappa shape index (κ2) is 6.31. The number of nitrogens with one attached hydrogen (secondary N) is 1. The highest BCUT2D eigenvalue weighted by molar-refractivity contribution is 5.82. The van der Waals surface area contributed by atoms with Crippen LogP contribution in [0.15, 0.2) is 0 Å². The summed E-state index contributed by atoms with van der Waals surface area (Å²) >= 11 is 0. The molecule has 2 rings (SSSR count). The molecule has 19 heavy (non-hydrogen) atoms. The van der Waals surface area contributed by atoms with Gasteiger partial charge in [-0.3, -0.25) is 4.79 Å². The molecule has 2 fully saturated rings. The Morgan fingerprint density at radius 2 is 2.11 bits per heavy atom. The molecule has 0 unspecified atom stereocenters. The van der Waals surface area contributed by atoms with Gasteiger partial charge in [-0.2, -0.15) is 0 Å². The second-order valence-corrected chi connectivity index (χ2v) is 6.05. The van der Waals surface area contributed by atoms with Crippen molar-refractivity contribution in [3.8, 4) is 0 Å². The number of nitrogens with two attached hydrogens (primary N) is 1. The molecule has 5 heteroatoms. The summed E-state index contributed by atoms with van der Waals surface area (Å²) in [7, 11) is 0. The molecule has 0 aliphatic carbocycles. The maximum atomic E-state index is 12.2. The van der Waals surface area contributed by atoms with E-state index in [9.17, 15) is 4.79 Å². The van der Waals surface area contributed by atoms with Crippen LogP contribution in [-0.2, 0) is 14.3 Å². The first-order valence-electron chi connectivity index (χ1n) is 7.29. The summed E-state index contributed by atoms with van der Waals surface area (Å²) in [6.45, 7) is 6.19. The molecule has 0 aromatic rings. The lowest BCUT2D eigenvalue weighted by Crippen LogP contribution is -2.46. The standard InChI is InChI=1S/C14H26N2O3/c1-14(2)18-11(3-5-15)7-12(19-14)8-13(17)10-4-6-16-9-10/h10-12,16H,3-9,15H2,1-2H3/t10-,11+,12+/m1/s1. The van der Waals surface area contributed by atoms with Crippen LogP contribution in [0.1, 0.15) is 39.5 Å². The lowest BCUT2D eigenvalue weighted by molar-refractivity contribution is -0.299. The van der Waals surface area contributed by atoms with Crippen LogP contribution in [0.25, 0.3) is 0 Å². The van der Waals surface area contributed by atoms with Crippen molar-refractivity contribution in [2.45, 2.75) is 57.5 Å². The van der Waals surface area contributed by atoms with E-state index in [0.29, 0.717) is 18.7 Å². The monoisotopic (exact) mass is 270 g/mol. The van der Waals surface area contributed by atoms with Gasteiger partial charge < -0.3 is 20.5 Å². The first-order valence-corrected chi connectivity index (χ1v) is 7.29. The van der Waals surface area contributed by atoms with Crippen molar-refractivity contribution >= 4 is 5.78 Å². The van der Waals surface area contributed by atoms with Crippen LogP contribution in [0, 0.1) is 5.92 Å². The van der Waals surface area contributed by atoms with Crippen LogP contribution in [-0.4, -0.2) is 43.4 Å². The van der Waals surface area contributed by atoms with Crippen LogP contribution in [0.4, 0.5) is 0 Å². The zero-order valence-corrected chi connectivity index (χ0v) is 12.0. The van der Waals surface area contributed by atoms with Crippen molar-refractivity contribution in [1.29, 1.82) is 0 Å². The normalized spacial score (nSPS) is 34.4. The Labute approximate surface area is 115 Å². The fraction of sp³-hybridized carbons (Fsp3) is 0.929. The van der Waals surface area contributed by atoms with Gasteiger partial charge in [0.05, 0.1) is 12.2 Å². The molecule has 0 saturated carbocycles. The fourth-order valence-corrected chi connectivity index (χ4v) is 3.03.